The van der Waals surface area contributed by atoms with Crippen molar-refractivity contribution in [2.45, 2.75) is 19.9 Å². The molecule has 0 atom stereocenters. The van der Waals surface area contributed by atoms with E-state index in [0.29, 0.717) is 16.7 Å². The molecule has 0 saturated heterocycles. The first-order chi connectivity index (χ1) is 13.3. The van der Waals surface area contributed by atoms with Crippen LogP contribution in [0.4, 0.5) is 4.39 Å². The zero-order chi connectivity index (χ0) is 20.7. The number of phenols is 1. The Balaban J connectivity index is 2.38. The summed E-state index contributed by atoms with van der Waals surface area (Å²) in [5, 5.41) is 20.6. The zero-order valence-corrected chi connectivity index (χ0v) is 15.4. The van der Waals surface area contributed by atoms with Crippen molar-refractivity contribution in [1.29, 1.82) is 0 Å². The number of hydroxylamine groups is 1. The molecule has 0 aliphatic heterocycles. The van der Waals surface area contributed by atoms with Crippen LogP contribution in [-0.2, 0) is 9.59 Å². The van der Waals surface area contributed by atoms with Crippen LogP contribution < -0.4 is 10.8 Å². The number of amides is 2. The van der Waals surface area contributed by atoms with E-state index in [-0.39, 0.29) is 17.5 Å². The number of phenolic OH excluding ortho intramolecular Hbond substituents is 1. The largest absolute Gasteiger partial charge is 0.505 e. The van der Waals surface area contributed by atoms with Gasteiger partial charge in [0.25, 0.3) is 11.8 Å². The summed E-state index contributed by atoms with van der Waals surface area (Å²) in [6, 6.07) is 10.6. The van der Waals surface area contributed by atoms with Gasteiger partial charge in [0.2, 0.25) is 0 Å². The molecule has 7 heteroatoms. The Morgan fingerprint density at radius 1 is 1.07 bits per heavy atom. The third-order valence-electron chi connectivity index (χ3n) is 3.71. The first-order valence-electron chi connectivity index (χ1n) is 8.54. The number of aromatic hydroxyl groups is 1. The molecule has 0 bridgehead atoms. The van der Waals surface area contributed by atoms with Crippen molar-refractivity contribution in [3.05, 3.63) is 71.0 Å². The van der Waals surface area contributed by atoms with Gasteiger partial charge in [-0.05, 0) is 54.8 Å². The number of nitrogens with one attached hydrogen (secondary N) is 2. The monoisotopic (exact) mass is 384 g/mol. The number of carbonyl (C=O) groups is 2. The van der Waals surface area contributed by atoms with Crippen molar-refractivity contribution in [3.63, 3.8) is 0 Å². The Morgan fingerprint density at radius 2 is 1.71 bits per heavy atom. The van der Waals surface area contributed by atoms with E-state index in [0.717, 1.165) is 6.07 Å². The molecule has 0 unspecified atom stereocenters. The maximum atomic E-state index is 13.8. The van der Waals surface area contributed by atoms with Gasteiger partial charge in [-0.25, -0.2) is 9.87 Å². The molecule has 0 radical (unpaired) electrons. The summed E-state index contributed by atoms with van der Waals surface area (Å²) >= 11 is 0. The van der Waals surface area contributed by atoms with E-state index in [1.807, 2.05) is 13.8 Å². The molecule has 0 aliphatic rings. The topological polar surface area (TPSA) is 98.7 Å². The number of hydrogen-bond donors (Lipinski definition) is 4. The van der Waals surface area contributed by atoms with Crippen molar-refractivity contribution >= 4 is 29.5 Å². The average molecular weight is 384 g/mol. The van der Waals surface area contributed by atoms with Crippen LogP contribution in [-0.4, -0.2) is 28.2 Å². The predicted octanol–water partition coefficient (Wildman–Crippen LogP) is 3.12. The lowest BCUT2D eigenvalue weighted by atomic mass is 10.0. The molecule has 146 valence electrons. The van der Waals surface area contributed by atoms with Gasteiger partial charge in [-0.2, -0.15) is 0 Å². The Bertz CT molecular complexity index is 919. The van der Waals surface area contributed by atoms with Crippen LogP contribution in [0.2, 0.25) is 0 Å². The Labute approximate surface area is 162 Å². The van der Waals surface area contributed by atoms with Crippen molar-refractivity contribution < 1.29 is 24.3 Å². The maximum absolute atomic E-state index is 13.8. The molecule has 0 aliphatic carbocycles. The summed E-state index contributed by atoms with van der Waals surface area (Å²) < 4.78 is 13.8. The molecular formula is C21H21FN2O4. The number of carbonyl (C=O) groups excluding carboxylic acids is 2. The highest BCUT2D eigenvalue weighted by atomic mass is 19.1. The molecular weight excluding hydrogens is 363 g/mol. The molecule has 2 rings (SSSR count). The molecule has 6 nitrogen and oxygen atoms in total. The lowest BCUT2D eigenvalue weighted by molar-refractivity contribution is -0.124. The molecule has 0 aromatic heterocycles. The summed E-state index contributed by atoms with van der Waals surface area (Å²) in [6.07, 6.45) is 4.30. The minimum absolute atomic E-state index is 0.108. The van der Waals surface area contributed by atoms with Crippen LogP contribution in [0, 0.1) is 5.82 Å². The van der Waals surface area contributed by atoms with Gasteiger partial charge in [0, 0.05) is 17.7 Å². The van der Waals surface area contributed by atoms with Crippen LogP contribution in [0.15, 0.2) is 48.5 Å². The minimum atomic E-state index is -0.816. The molecule has 0 spiro atoms. The molecule has 2 aromatic rings. The van der Waals surface area contributed by atoms with E-state index in [1.54, 1.807) is 30.3 Å². The lowest BCUT2D eigenvalue weighted by Crippen LogP contribution is -2.30. The zero-order valence-electron chi connectivity index (χ0n) is 15.4. The maximum Gasteiger partial charge on any atom is 0.267 e. The van der Waals surface area contributed by atoms with Crippen molar-refractivity contribution in [3.8, 4) is 5.75 Å². The third-order valence-corrected chi connectivity index (χ3v) is 3.71. The Kier molecular flexibility index (Phi) is 7.06. The van der Waals surface area contributed by atoms with Crippen molar-refractivity contribution in [2.24, 2.45) is 0 Å². The van der Waals surface area contributed by atoms with Gasteiger partial charge in [-0.15, -0.1) is 0 Å². The van der Waals surface area contributed by atoms with E-state index in [4.69, 9.17) is 5.21 Å². The predicted molar refractivity (Wildman–Crippen MR) is 105 cm³/mol. The smallest absolute Gasteiger partial charge is 0.267 e. The number of rotatable bonds is 6. The normalized spacial score (nSPS) is 11.7. The Morgan fingerprint density at radius 3 is 2.29 bits per heavy atom. The number of halogens is 1. The van der Waals surface area contributed by atoms with Crippen LogP contribution in [0.1, 0.15) is 30.5 Å². The lowest BCUT2D eigenvalue weighted by Gasteiger charge is -2.12. The molecule has 0 heterocycles. The fraction of sp³-hybridized carbons (Fsp3) is 0.143. The van der Waals surface area contributed by atoms with Gasteiger partial charge >= 0.3 is 0 Å². The van der Waals surface area contributed by atoms with Gasteiger partial charge in [0.1, 0.15) is 0 Å². The van der Waals surface area contributed by atoms with Crippen molar-refractivity contribution in [2.75, 3.05) is 0 Å². The SMILES string of the molecule is CC(C)NC(=O)/C(=C/c1ccc(/C=C/C(=O)NO)cc1)c1ccc(O)c(F)c1. The summed E-state index contributed by atoms with van der Waals surface area (Å²) in [6.45, 7) is 3.63. The summed E-state index contributed by atoms with van der Waals surface area (Å²) in [5.74, 6) is -2.33. The summed E-state index contributed by atoms with van der Waals surface area (Å²) in [4.78, 5) is 23.6. The highest BCUT2D eigenvalue weighted by Crippen LogP contribution is 2.24. The first kappa shape index (κ1) is 20.9. The van der Waals surface area contributed by atoms with Crippen LogP contribution in [0.25, 0.3) is 17.7 Å². The molecule has 0 saturated carbocycles. The first-order valence-corrected chi connectivity index (χ1v) is 8.54. The Hall–Kier alpha value is -3.45. The van der Waals surface area contributed by atoms with Crippen LogP contribution in [0.5, 0.6) is 5.75 Å². The van der Waals surface area contributed by atoms with Gasteiger partial charge < -0.3 is 10.4 Å². The quantitative estimate of drug-likeness (QED) is 0.266. The second-order valence-corrected chi connectivity index (χ2v) is 6.33. The van der Waals surface area contributed by atoms with E-state index < -0.39 is 17.5 Å². The van der Waals surface area contributed by atoms with E-state index in [1.165, 1.54) is 29.8 Å². The minimum Gasteiger partial charge on any atom is -0.505 e. The standard InChI is InChI=1S/C21H21FN2O4/c1-13(2)23-21(27)17(16-8-9-19(25)18(22)12-16)11-15-5-3-14(4-6-15)7-10-20(26)24-28/h3-13,25,28H,1-2H3,(H,23,27)(H,24,26)/b10-7+,17-11+. The van der Waals surface area contributed by atoms with Gasteiger partial charge in [0.05, 0.1) is 0 Å². The van der Waals surface area contributed by atoms with E-state index >= 15 is 0 Å². The van der Waals surface area contributed by atoms with Crippen molar-refractivity contribution in [1.82, 2.24) is 10.8 Å². The number of benzene rings is 2. The number of hydrogen-bond acceptors (Lipinski definition) is 4. The fourth-order valence-corrected chi connectivity index (χ4v) is 2.37. The average Bonchev–Trinajstić information content (AvgIpc) is 2.66. The summed E-state index contributed by atoms with van der Waals surface area (Å²) in [7, 11) is 0. The van der Waals surface area contributed by atoms with Crippen LogP contribution in [0.3, 0.4) is 0 Å². The molecule has 2 amide bonds. The molecule has 0 fully saturated rings. The van der Waals surface area contributed by atoms with E-state index in [9.17, 15) is 19.1 Å². The highest BCUT2D eigenvalue weighted by Gasteiger charge is 2.15. The second-order valence-electron chi connectivity index (χ2n) is 6.33. The third kappa shape index (κ3) is 5.78. The van der Waals surface area contributed by atoms with Gasteiger partial charge in [0.15, 0.2) is 11.6 Å². The van der Waals surface area contributed by atoms with E-state index in [2.05, 4.69) is 5.32 Å². The second kappa shape index (κ2) is 9.48. The van der Waals surface area contributed by atoms with Crippen LogP contribution >= 0.6 is 0 Å². The fourth-order valence-electron chi connectivity index (χ4n) is 2.37. The molecule has 28 heavy (non-hydrogen) atoms. The molecule has 4 N–H and O–H groups in total. The summed E-state index contributed by atoms with van der Waals surface area (Å²) in [5.41, 5.74) is 3.47. The van der Waals surface area contributed by atoms with Gasteiger partial charge in [-0.3, -0.25) is 14.8 Å². The highest BCUT2D eigenvalue weighted by molar-refractivity contribution is 6.24. The molecule has 2 aromatic carbocycles. The van der Waals surface area contributed by atoms with Gasteiger partial charge in [-0.1, -0.05) is 30.3 Å².